The number of rotatable bonds is 4. The van der Waals surface area contributed by atoms with Gasteiger partial charge in [0.05, 0.1) is 10.7 Å². The van der Waals surface area contributed by atoms with Crippen molar-refractivity contribution in [2.45, 2.75) is 0 Å². The molecule has 0 unspecified atom stereocenters. The molecule has 2 fully saturated rings. The summed E-state index contributed by atoms with van der Waals surface area (Å²) >= 11 is 7.57. The van der Waals surface area contributed by atoms with Gasteiger partial charge in [-0.3, -0.25) is 29.0 Å². The molecule has 124 valence electrons. The van der Waals surface area contributed by atoms with E-state index in [1.165, 1.54) is 0 Å². The van der Waals surface area contributed by atoms with Gasteiger partial charge >= 0.3 is 0 Å². The molecule has 0 atom stereocenters. The van der Waals surface area contributed by atoms with Crippen LogP contribution < -0.4 is 0 Å². The van der Waals surface area contributed by atoms with Crippen LogP contribution in [0.1, 0.15) is 5.56 Å². The van der Waals surface area contributed by atoms with Gasteiger partial charge in [-0.25, -0.2) is 0 Å². The quantitative estimate of drug-likeness (QED) is 0.745. The highest BCUT2D eigenvalue weighted by Gasteiger charge is 2.37. The van der Waals surface area contributed by atoms with E-state index in [0.29, 0.717) is 9.93 Å². The summed E-state index contributed by atoms with van der Waals surface area (Å²) in [7, 11) is 0. The number of benzene rings is 1. The Morgan fingerprint density at radius 2 is 1.67 bits per heavy atom. The molecule has 2 aliphatic rings. The lowest BCUT2D eigenvalue weighted by Crippen LogP contribution is -2.39. The molecule has 0 radical (unpaired) electrons. The van der Waals surface area contributed by atoms with E-state index in [1.807, 2.05) is 0 Å². The van der Waals surface area contributed by atoms with Crippen LogP contribution >= 0.6 is 35.1 Å². The van der Waals surface area contributed by atoms with Crippen LogP contribution in [0.4, 0.5) is 9.59 Å². The molecule has 1 aromatic rings. The zero-order valence-electron chi connectivity index (χ0n) is 12.2. The van der Waals surface area contributed by atoms with Crippen molar-refractivity contribution in [2.24, 2.45) is 0 Å². The van der Waals surface area contributed by atoms with Crippen LogP contribution in [0.15, 0.2) is 29.2 Å². The van der Waals surface area contributed by atoms with Crippen LogP contribution in [0, 0.1) is 0 Å². The number of thioether (sulfide) groups is 2. The predicted octanol–water partition coefficient (Wildman–Crippen LogP) is 3.07. The van der Waals surface area contributed by atoms with Crippen molar-refractivity contribution >= 4 is 63.5 Å². The Morgan fingerprint density at radius 3 is 2.29 bits per heavy atom. The maximum absolute atomic E-state index is 12.4. The normalized spacial score (nSPS) is 20.0. The Hall–Kier alpha value is -1.77. The highest BCUT2D eigenvalue weighted by Crippen LogP contribution is 2.32. The van der Waals surface area contributed by atoms with Gasteiger partial charge in [-0.1, -0.05) is 35.5 Å². The van der Waals surface area contributed by atoms with E-state index in [1.54, 1.807) is 30.3 Å². The molecule has 3 rings (SSSR count). The second-order valence-electron chi connectivity index (χ2n) is 4.98. The minimum atomic E-state index is -0.424. The first-order valence-corrected chi connectivity index (χ1v) is 9.12. The standard InChI is InChI=1S/C15H11ClN2O4S2/c16-10-3-1-9(2-4-10)7-11-13(20)18(15(22)24-11)6-5-17-12(19)8-23-14(17)21/h1-4,7H,5-6,8H2/b11-7+. The lowest BCUT2D eigenvalue weighted by molar-refractivity contribution is -0.126. The summed E-state index contributed by atoms with van der Waals surface area (Å²) < 4.78 is 0. The molecule has 0 aromatic heterocycles. The number of hydrogen-bond donors (Lipinski definition) is 0. The van der Waals surface area contributed by atoms with Crippen molar-refractivity contribution in [1.29, 1.82) is 0 Å². The number of nitrogens with zero attached hydrogens (tertiary/aromatic N) is 2. The van der Waals surface area contributed by atoms with Crippen LogP contribution in [-0.2, 0) is 9.59 Å². The molecular formula is C15H11ClN2O4S2. The first-order chi connectivity index (χ1) is 11.5. The summed E-state index contributed by atoms with van der Waals surface area (Å²) in [5, 5.41) is -0.172. The average molecular weight is 383 g/mol. The van der Waals surface area contributed by atoms with Gasteiger partial charge in [0.1, 0.15) is 0 Å². The third-order valence-corrected chi connectivity index (χ3v) is 5.45. The second-order valence-corrected chi connectivity index (χ2v) is 7.34. The van der Waals surface area contributed by atoms with Gasteiger partial charge in [-0.15, -0.1) is 0 Å². The summed E-state index contributed by atoms with van der Waals surface area (Å²) in [6, 6.07) is 6.88. The molecule has 0 bridgehead atoms. The fraction of sp³-hybridized carbons (Fsp3) is 0.200. The van der Waals surface area contributed by atoms with Gasteiger partial charge in [-0.05, 0) is 35.5 Å². The largest absolute Gasteiger partial charge is 0.293 e. The maximum atomic E-state index is 12.4. The van der Waals surface area contributed by atoms with E-state index in [9.17, 15) is 19.2 Å². The van der Waals surface area contributed by atoms with E-state index >= 15 is 0 Å². The van der Waals surface area contributed by atoms with Crippen molar-refractivity contribution in [3.63, 3.8) is 0 Å². The van der Waals surface area contributed by atoms with Crippen molar-refractivity contribution in [3.8, 4) is 0 Å². The van der Waals surface area contributed by atoms with Crippen molar-refractivity contribution < 1.29 is 19.2 Å². The highest BCUT2D eigenvalue weighted by atomic mass is 35.5. The predicted molar refractivity (Wildman–Crippen MR) is 93.7 cm³/mol. The third-order valence-electron chi connectivity index (χ3n) is 3.43. The third kappa shape index (κ3) is 3.50. The molecule has 2 saturated heterocycles. The smallest absolute Gasteiger partial charge is 0.273 e. The molecule has 0 N–H and O–H groups in total. The molecule has 0 saturated carbocycles. The fourth-order valence-electron chi connectivity index (χ4n) is 2.20. The minimum absolute atomic E-state index is 0.000659. The first kappa shape index (κ1) is 17.1. The van der Waals surface area contributed by atoms with Crippen molar-refractivity contribution in [1.82, 2.24) is 9.80 Å². The Bertz CT molecular complexity index is 747. The maximum Gasteiger partial charge on any atom is 0.293 e. The van der Waals surface area contributed by atoms with Crippen LogP contribution in [0.5, 0.6) is 0 Å². The summed E-state index contributed by atoms with van der Waals surface area (Å²) in [6.07, 6.45) is 1.61. The molecule has 4 amide bonds. The van der Waals surface area contributed by atoms with Gasteiger partial charge in [0.15, 0.2) is 0 Å². The van der Waals surface area contributed by atoms with Crippen molar-refractivity contribution in [3.05, 3.63) is 39.8 Å². The van der Waals surface area contributed by atoms with Crippen molar-refractivity contribution in [2.75, 3.05) is 18.8 Å². The minimum Gasteiger partial charge on any atom is -0.273 e. The molecule has 9 heteroatoms. The Labute approximate surface area is 151 Å². The van der Waals surface area contributed by atoms with Crippen LogP contribution in [0.2, 0.25) is 5.02 Å². The zero-order chi connectivity index (χ0) is 17.3. The number of carbonyl (C=O) groups excluding carboxylic acids is 4. The lowest BCUT2D eigenvalue weighted by atomic mass is 10.2. The van der Waals surface area contributed by atoms with Gasteiger partial charge in [-0.2, -0.15) is 0 Å². The lowest BCUT2D eigenvalue weighted by Gasteiger charge is -2.17. The van der Waals surface area contributed by atoms with E-state index in [2.05, 4.69) is 0 Å². The molecule has 6 nitrogen and oxygen atoms in total. The van der Waals surface area contributed by atoms with Gasteiger partial charge in [0.25, 0.3) is 16.4 Å². The zero-order valence-corrected chi connectivity index (χ0v) is 14.6. The van der Waals surface area contributed by atoms with E-state index in [0.717, 1.165) is 38.9 Å². The van der Waals surface area contributed by atoms with Gasteiger partial charge in [0, 0.05) is 18.1 Å². The molecular weight excluding hydrogens is 372 g/mol. The number of amides is 4. The van der Waals surface area contributed by atoms with Gasteiger partial charge in [0.2, 0.25) is 5.91 Å². The Morgan fingerprint density at radius 1 is 1.00 bits per heavy atom. The fourth-order valence-corrected chi connectivity index (χ4v) is 3.94. The summed E-state index contributed by atoms with van der Waals surface area (Å²) in [5.74, 6) is -0.614. The van der Waals surface area contributed by atoms with Crippen LogP contribution in [0.3, 0.4) is 0 Å². The van der Waals surface area contributed by atoms with E-state index in [4.69, 9.17) is 11.6 Å². The summed E-state index contributed by atoms with van der Waals surface area (Å²) in [5.41, 5.74) is 0.756. The number of carbonyl (C=O) groups is 4. The topological polar surface area (TPSA) is 74.8 Å². The Kier molecular flexibility index (Phi) is 4.98. The Balaban J connectivity index is 1.69. The summed E-state index contributed by atoms with van der Waals surface area (Å²) in [4.78, 5) is 49.9. The highest BCUT2D eigenvalue weighted by molar-refractivity contribution is 8.18. The summed E-state index contributed by atoms with van der Waals surface area (Å²) in [6.45, 7) is 0.0254. The number of hydrogen-bond acceptors (Lipinski definition) is 6. The monoisotopic (exact) mass is 382 g/mol. The molecule has 1 aromatic carbocycles. The number of imide groups is 2. The molecule has 24 heavy (non-hydrogen) atoms. The van der Waals surface area contributed by atoms with Crippen LogP contribution in [0.25, 0.3) is 6.08 Å². The number of halogens is 1. The van der Waals surface area contributed by atoms with E-state index < -0.39 is 11.1 Å². The average Bonchev–Trinajstić information content (AvgIpc) is 3.00. The van der Waals surface area contributed by atoms with E-state index in [-0.39, 0.29) is 30.0 Å². The SMILES string of the molecule is O=C1CSC(=O)N1CCN1C(=O)S/C(=C/c2ccc(Cl)cc2)C1=O. The second kappa shape index (κ2) is 7.00. The van der Waals surface area contributed by atoms with Gasteiger partial charge < -0.3 is 0 Å². The molecule has 0 aliphatic carbocycles. The molecule has 2 aliphatic heterocycles. The molecule has 0 spiro atoms. The van der Waals surface area contributed by atoms with Crippen LogP contribution in [-0.4, -0.2) is 50.9 Å². The molecule has 2 heterocycles. The first-order valence-electron chi connectivity index (χ1n) is 6.94.